The third kappa shape index (κ3) is 2.18. The standard InChI is InChI=1S/C10H13N9O2/c11-8-7-9(16-10(12)15-8)14-3-19(7)6-1-4(17-18-13)5(2-20)21-6/h3-6,20H,1-2H2,(H4,11,12,15,16)/t4-,5+,6+/m0/s1. The zero-order valence-electron chi connectivity index (χ0n) is 10.9. The van der Waals surface area contributed by atoms with E-state index in [-0.39, 0.29) is 18.4 Å². The van der Waals surface area contributed by atoms with Crippen molar-refractivity contribution in [2.24, 2.45) is 5.11 Å². The van der Waals surface area contributed by atoms with E-state index in [0.29, 0.717) is 17.6 Å². The number of ether oxygens (including phenoxy) is 1. The lowest BCUT2D eigenvalue weighted by Gasteiger charge is -2.14. The van der Waals surface area contributed by atoms with Gasteiger partial charge >= 0.3 is 0 Å². The van der Waals surface area contributed by atoms with Gasteiger partial charge in [0.2, 0.25) is 5.95 Å². The van der Waals surface area contributed by atoms with Crippen LogP contribution in [0.2, 0.25) is 0 Å². The van der Waals surface area contributed by atoms with Crippen LogP contribution in [0.5, 0.6) is 0 Å². The lowest BCUT2D eigenvalue weighted by Crippen LogP contribution is -2.22. The number of hydrogen-bond donors (Lipinski definition) is 3. The number of hydrogen-bond acceptors (Lipinski definition) is 8. The third-order valence-corrected chi connectivity index (χ3v) is 3.37. The Balaban J connectivity index is 2.00. The van der Waals surface area contributed by atoms with Crippen LogP contribution in [0.1, 0.15) is 12.6 Å². The molecule has 0 unspecified atom stereocenters. The van der Waals surface area contributed by atoms with Crippen LogP contribution < -0.4 is 11.5 Å². The maximum atomic E-state index is 9.28. The summed E-state index contributed by atoms with van der Waals surface area (Å²) in [5.41, 5.74) is 20.8. The third-order valence-electron chi connectivity index (χ3n) is 3.37. The molecule has 2 aromatic heterocycles. The predicted molar refractivity (Wildman–Crippen MR) is 72.7 cm³/mol. The molecule has 0 aliphatic carbocycles. The first-order chi connectivity index (χ1) is 10.1. The van der Waals surface area contributed by atoms with Gasteiger partial charge in [-0.2, -0.15) is 9.97 Å². The van der Waals surface area contributed by atoms with Gasteiger partial charge in [0.15, 0.2) is 11.5 Å². The summed E-state index contributed by atoms with van der Waals surface area (Å²) in [5, 5.41) is 12.9. The lowest BCUT2D eigenvalue weighted by atomic mass is 10.1. The minimum atomic E-state index is -0.570. The molecular weight excluding hydrogens is 278 g/mol. The summed E-state index contributed by atoms with van der Waals surface area (Å²) in [6, 6.07) is -0.460. The molecule has 0 spiro atoms. The summed E-state index contributed by atoms with van der Waals surface area (Å²) in [4.78, 5) is 14.8. The highest BCUT2D eigenvalue weighted by Crippen LogP contribution is 2.33. The SMILES string of the molecule is [N-]=[N+]=N[C@H]1C[C@H](n2cnc3nc(N)nc(N)c32)O[C@@H]1CO. The van der Waals surface area contributed by atoms with E-state index < -0.39 is 18.4 Å². The number of aliphatic hydroxyl groups excluding tert-OH is 1. The van der Waals surface area contributed by atoms with Gasteiger partial charge < -0.3 is 21.3 Å². The van der Waals surface area contributed by atoms with Crippen LogP contribution in [0.25, 0.3) is 21.6 Å². The normalized spacial score (nSPS) is 25.1. The van der Waals surface area contributed by atoms with Gasteiger partial charge in [0.05, 0.1) is 25.1 Å². The number of nitrogens with two attached hydrogens (primary N) is 2. The smallest absolute Gasteiger partial charge is 0.224 e. The van der Waals surface area contributed by atoms with Gasteiger partial charge in [-0.15, -0.1) is 0 Å². The Morgan fingerprint density at radius 2 is 2.33 bits per heavy atom. The Morgan fingerprint density at radius 1 is 1.52 bits per heavy atom. The Bertz CT molecular complexity index is 723. The van der Waals surface area contributed by atoms with Gasteiger partial charge in [-0.3, -0.25) is 4.57 Å². The highest BCUT2D eigenvalue weighted by Gasteiger charge is 2.36. The average molecular weight is 291 g/mol. The van der Waals surface area contributed by atoms with Crippen molar-refractivity contribution >= 4 is 22.9 Å². The first-order valence-corrected chi connectivity index (χ1v) is 6.20. The number of azide groups is 1. The van der Waals surface area contributed by atoms with E-state index in [1.165, 1.54) is 6.33 Å². The number of nitrogen functional groups attached to an aromatic ring is 2. The predicted octanol–water partition coefficient (Wildman–Crippen LogP) is -0.0506. The fourth-order valence-electron chi connectivity index (χ4n) is 2.45. The van der Waals surface area contributed by atoms with Crippen molar-refractivity contribution in [1.82, 2.24) is 19.5 Å². The van der Waals surface area contributed by atoms with E-state index in [4.69, 9.17) is 21.7 Å². The van der Waals surface area contributed by atoms with Gasteiger partial charge in [-0.05, 0) is 5.53 Å². The minimum absolute atomic E-state index is 0.0396. The fraction of sp³-hybridized carbons (Fsp3) is 0.500. The molecule has 3 atom stereocenters. The molecule has 0 bridgehead atoms. The molecule has 2 aromatic rings. The lowest BCUT2D eigenvalue weighted by molar-refractivity contribution is -0.0230. The Kier molecular flexibility index (Phi) is 3.22. The Labute approximate surface area is 118 Å². The van der Waals surface area contributed by atoms with Crippen molar-refractivity contribution in [1.29, 1.82) is 0 Å². The van der Waals surface area contributed by atoms with Crippen LogP contribution in [0.15, 0.2) is 11.4 Å². The highest BCUT2D eigenvalue weighted by molar-refractivity contribution is 5.83. The molecule has 3 heterocycles. The van der Waals surface area contributed by atoms with E-state index >= 15 is 0 Å². The second-order valence-corrected chi connectivity index (χ2v) is 4.61. The first-order valence-electron chi connectivity index (χ1n) is 6.20. The number of fused-ring (bicyclic) bond motifs is 1. The number of aromatic nitrogens is 4. The molecule has 1 aliphatic rings. The molecule has 21 heavy (non-hydrogen) atoms. The molecule has 3 rings (SSSR count). The van der Waals surface area contributed by atoms with E-state index in [1.807, 2.05) is 0 Å². The van der Waals surface area contributed by atoms with Crippen molar-refractivity contribution < 1.29 is 9.84 Å². The number of aliphatic hydroxyl groups is 1. The monoisotopic (exact) mass is 291 g/mol. The van der Waals surface area contributed by atoms with Crippen molar-refractivity contribution in [3.8, 4) is 0 Å². The zero-order valence-corrected chi connectivity index (χ0v) is 10.9. The van der Waals surface area contributed by atoms with E-state index in [1.54, 1.807) is 4.57 Å². The van der Waals surface area contributed by atoms with E-state index in [9.17, 15) is 5.11 Å². The van der Waals surface area contributed by atoms with Crippen molar-refractivity contribution in [2.45, 2.75) is 24.8 Å². The summed E-state index contributed by atoms with van der Waals surface area (Å²) in [5.74, 6) is 0.226. The van der Waals surface area contributed by atoms with Gasteiger partial charge in [0, 0.05) is 11.3 Å². The summed E-state index contributed by atoms with van der Waals surface area (Å²) in [7, 11) is 0. The number of nitrogens with zero attached hydrogens (tertiary/aromatic N) is 7. The molecule has 1 aliphatic heterocycles. The highest BCUT2D eigenvalue weighted by atomic mass is 16.5. The molecule has 0 aromatic carbocycles. The zero-order chi connectivity index (χ0) is 15.0. The molecule has 1 fully saturated rings. The second-order valence-electron chi connectivity index (χ2n) is 4.61. The number of anilines is 2. The van der Waals surface area contributed by atoms with Crippen molar-refractivity contribution in [3.63, 3.8) is 0 Å². The molecule has 11 nitrogen and oxygen atoms in total. The maximum Gasteiger partial charge on any atom is 0.224 e. The van der Waals surface area contributed by atoms with Gasteiger partial charge in [-0.25, -0.2) is 4.98 Å². The summed E-state index contributed by atoms with van der Waals surface area (Å²) in [6.45, 7) is -0.244. The topological polar surface area (TPSA) is 174 Å². The second kappa shape index (κ2) is 5.05. The molecule has 0 radical (unpaired) electrons. The van der Waals surface area contributed by atoms with Crippen LogP contribution in [-0.2, 0) is 4.74 Å². The van der Waals surface area contributed by atoms with E-state index in [2.05, 4.69) is 25.0 Å². The van der Waals surface area contributed by atoms with Crippen LogP contribution in [-0.4, -0.2) is 43.4 Å². The largest absolute Gasteiger partial charge is 0.394 e. The molecule has 0 saturated carbocycles. The Hall–Kier alpha value is -2.62. The molecule has 11 heteroatoms. The summed E-state index contributed by atoms with van der Waals surface area (Å²) < 4.78 is 7.33. The van der Waals surface area contributed by atoms with Crippen LogP contribution in [0.4, 0.5) is 11.8 Å². The van der Waals surface area contributed by atoms with E-state index in [0.717, 1.165) is 0 Å². The fourth-order valence-corrected chi connectivity index (χ4v) is 2.45. The molecule has 5 N–H and O–H groups in total. The Morgan fingerprint density at radius 3 is 3.05 bits per heavy atom. The van der Waals surface area contributed by atoms with Crippen molar-refractivity contribution in [3.05, 3.63) is 16.8 Å². The number of imidazole rings is 1. The van der Waals surface area contributed by atoms with Gasteiger partial charge in [-0.1, -0.05) is 5.11 Å². The number of rotatable bonds is 3. The van der Waals surface area contributed by atoms with Crippen LogP contribution >= 0.6 is 0 Å². The first kappa shape index (κ1) is 13.4. The molecule has 110 valence electrons. The maximum absolute atomic E-state index is 9.28. The average Bonchev–Trinajstić information content (AvgIpc) is 3.02. The van der Waals surface area contributed by atoms with Gasteiger partial charge in [0.25, 0.3) is 0 Å². The van der Waals surface area contributed by atoms with Crippen LogP contribution in [0, 0.1) is 0 Å². The van der Waals surface area contributed by atoms with Gasteiger partial charge in [0.1, 0.15) is 11.7 Å². The minimum Gasteiger partial charge on any atom is -0.394 e. The molecule has 0 amide bonds. The van der Waals surface area contributed by atoms with Crippen molar-refractivity contribution in [2.75, 3.05) is 18.1 Å². The molecular formula is C10H13N9O2. The quantitative estimate of drug-likeness (QED) is 0.403. The summed E-state index contributed by atoms with van der Waals surface area (Å²) >= 11 is 0. The molecule has 1 saturated heterocycles. The summed E-state index contributed by atoms with van der Waals surface area (Å²) in [6.07, 6.45) is 0.855. The van der Waals surface area contributed by atoms with Crippen LogP contribution in [0.3, 0.4) is 0 Å².